The molecule has 4 aromatic rings. The summed E-state index contributed by atoms with van der Waals surface area (Å²) in [5, 5.41) is 15.7. The van der Waals surface area contributed by atoms with Crippen LogP contribution in [-0.2, 0) is 4.79 Å². The second-order valence-electron chi connectivity index (χ2n) is 11.7. The fraction of sp³-hybridized carbons (Fsp3) is 0.344. The van der Waals surface area contributed by atoms with Gasteiger partial charge in [0, 0.05) is 34.8 Å². The number of carbonyl (C=O) groups is 2. The molecule has 9 heteroatoms. The van der Waals surface area contributed by atoms with Crippen LogP contribution in [0.4, 0.5) is 5.88 Å². The predicted octanol–water partition coefficient (Wildman–Crippen LogP) is 8.57. The molecule has 0 bridgehead atoms. The molecule has 0 amide bonds. The van der Waals surface area contributed by atoms with Crippen LogP contribution in [-0.4, -0.2) is 38.8 Å². The number of halogens is 2. The van der Waals surface area contributed by atoms with Gasteiger partial charge >= 0.3 is 5.97 Å². The fourth-order valence-electron chi connectivity index (χ4n) is 5.74. The van der Waals surface area contributed by atoms with Gasteiger partial charge in [-0.3, -0.25) is 9.36 Å². The van der Waals surface area contributed by atoms with E-state index < -0.39 is 11.4 Å². The van der Waals surface area contributed by atoms with E-state index in [-0.39, 0.29) is 34.8 Å². The van der Waals surface area contributed by atoms with E-state index in [0.29, 0.717) is 32.6 Å². The van der Waals surface area contributed by atoms with Crippen molar-refractivity contribution in [2.24, 2.45) is 5.41 Å². The van der Waals surface area contributed by atoms with Crippen LogP contribution in [0.5, 0.6) is 0 Å². The first-order valence-electron chi connectivity index (χ1n) is 13.7. The van der Waals surface area contributed by atoms with Crippen LogP contribution in [0.1, 0.15) is 69.8 Å². The highest BCUT2D eigenvalue weighted by Gasteiger charge is 2.36. The molecule has 7 nitrogen and oxygen atoms in total. The van der Waals surface area contributed by atoms with E-state index in [4.69, 9.17) is 27.7 Å². The van der Waals surface area contributed by atoms with Crippen molar-refractivity contribution in [1.82, 2.24) is 9.72 Å². The van der Waals surface area contributed by atoms with Crippen molar-refractivity contribution in [2.45, 2.75) is 66.0 Å². The number of aliphatic carboxylic acids is 1. The molecule has 5 rings (SSSR count). The van der Waals surface area contributed by atoms with E-state index >= 15 is 0 Å². The molecule has 0 aliphatic carbocycles. The normalized spacial score (nSPS) is 18.2. The molecule has 41 heavy (non-hydrogen) atoms. The van der Waals surface area contributed by atoms with Gasteiger partial charge in [-0.1, -0.05) is 67.3 Å². The Kier molecular flexibility index (Phi) is 7.79. The zero-order chi connectivity index (χ0) is 29.6. The molecule has 3 heterocycles. The molecule has 1 fully saturated rings. The second-order valence-corrected chi connectivity index (χ2v) is 12.5. The number of anilines is 1. The number of carboxylic acids is 1. The van der Waals surface area contributed by atoms with Gasteiger partial charge in [0.2, 0.25) is 5.88 Å². The molecule has 0 saturated carbocycles. The summed E-state index contributed by atoms with van der Waals surface area (Å²) in [6.07, 6.45) is 6.38. The quantitative estimate of drug-likeness (QED) is 0.233. The van der Waals surface area contributed by atoms with E-state index in [2.05, 4.69) is 23.9 Å². The molecule has 2 aromatic heterocycles. The largest absolute Gasteiger partial charge is 0.478 e. The SMILES string of the molecule is CC1CCCC(C)N1c1onc(-c2c(Cl)cccc2Cl)c1C(=O)n1ccc2c(/C=C(/C(=O)O)C(C)(C)C)cccc21. The topological polar surface area (TPSA) is 88.6 Å². The summed E-state index contributed by atoms with van der Waals surface area (Å²) >= 11 is 13.2. The Labute approximate surface area is 249 Å². The lowest BCUT2D eigenvalue weighted by Crippen LogP contribution is -2.44. The summed E-state index contributed by atoms with van der Waals surface area (Å²) in [4.78, 5) is 28.7. The molecule has 1 aliphatic rings. The number of benzene rings is 2. The van der Waals surface area contributed by atoms with E-state index in [1.54, 1.807) is 35.0 Å². The first kappa shape index (κ1) is 29.0. The fourth-order valence-corrected chi connectivity index (χ4v) is 6.31. The third-order valence-corrected chi connectivity index (χ3v) is 8.47. The van der Waals surface area contributed by atoms with Crippen LogP contribution in [0.25, 0.3) is 28.2 Å². The maximum atomic E-state index is 14.5. The highest BCUT2D eigenvalue weighted by molar-refractivity contribution is 6.39. The number of carboxylic acid groups (broad SMARTS) is 1. The van der Waals surface area contributed by atoms with Crippen LogP contribution in [0.3, 0.4) is 0 Å². The Hall–Kier alpha value is -3.55. The number of piperidine rings is 1. The van der Waals surface area contributed by atoms with Gasteiger partial charge in [0.1, 0.15) is 11.3 Å². The smallest absolute Gasteiger partial charge is 0.332 e. The van der Waals surface area contributed by atoms with E-state index in [1.807, 2.05) is 45.0 Å². The monoisotopic (exact) mass is 593 g/mol. The molecule has 2 unspecified atom stereocenters. The molecule has 2 aromatic carbocycles. The zero-order valence-corrected chi connectivity index (χ0v) is 25.3. The lowest BCUT2D eigenvalue weighted by molar-refractivity contribution is -0.133. The predicted molar refractivity (Wildman–Crippen MR) is 164 cm³/mol. The van der Waals surface area contributed by atoms with Crippen molar-refractivity contribution in [1.29, 1.82) is 0 Å². The highest BCUT2D eigenvalue weighted by Crippen LogP contribution is 2.42. The minimum Gasteiger partial charge on any atom is -0.478 e. The summed E-state index contributed by atoms with van der Waals surface area (Å²) in [7, 11) is 0. The second kappa shape index (κ2) is 11.0. The number of rotatable bonds is 5. The van der Waals surface area contributed by atoms with Gasteiger partial charge in [-0.05, 0) is 74.4 Å². The number of aromatic nitrogens is 2. The van der Waals surface area contributed by atoms with Gasteiger partial charge in [0.15, 0.2) is 0 Å². The Bertz CT molecular complexity index is 1650. The van der Waals surface area contributed by atoms with Crippen molar-refractivity contribution in [3.05, 3.63) is 75.4 Å². The molecule has 0 spiro atoms. The minimum absolute atomic E-state index is 0.137. The summed E-state index contributed by atoms with van der Waals surface area (Å²) in [5.74, 6) is -0.938. The number of hydrogen-bond acceptors (Lipinski definition) is 5. The zero-order valence-electron chi connectivity index (χ0n) is 23.7. The summed E-state index contributed by atoms with van der Waals surface area (Å²) in [5.41, 5.74) is 2.03. The molecule has 1 N–H and O–H groups in total. The maximum Gasteiger partial charge on any atom is 0.332 e. The van der Waals surface area contributed by atoms with Gasteiger partial charge in [-0.25, -0.2) is 4.79 Å². The van der Waals surface area contributed by atoms with Crippen molar-refractivity contribution >= 4 is 57.9 Å². The molecule has 1 aliphatic heterocycles. The van der Waals surface area contributed by atoms with Crippen LogP contribution < -0.4 is 4.90 Å². The summed E-state index contributed by atoms with van der Waals surface area (Å²) in [6, 6.07) is 12.7. The van der Waals surface area contributed by atoms with Crippen LogP contribution in [0.2, 0.25) is 10.0 Å². The van der Waals surface area contributed by atoms with E-state index in [1.165, 1.54) is 0 Å². The average Bonchev–Trinajstić information content (AvgIpc) is 3.51. The molecular formula is C32H33Cl2N3O4. The van der Waals surface area contributed by atoms with Crippen molar-refractivity contribution in [3.8, 4) is 11.3 Å². The molecular weight excluding hydrogens is 561 g/mol. The summed E-state index contributed by atoms with van der Waals surface area (Å²) < 4.78 is 7.51. The first-order valence-corrected chi connectivity index (χ1v) is 14.5. The van der Waals surface area contributed by atoms with Gasteiger partial charge < -0.3 is 14.5 Å². The molecule has 214 valence electrons. The van der Waals surface area contributed by atoms with Crippen molar-refractivity contribution in [3.63, 3.8) is 0 Å². The first-order chi connectivity index (χ1) is 19.4. The van der Waals surface area contributed by atoms with E-state index in [0.717, 1.165) is 24.6 Å². The van der Waals surface area contributed by atoms with Gasteiger partial charge in [0.25, 0.3) is 5.91 Å². The van der Waals surface area contributed by atoms with Crippen LogP contribution in [0.15, 0.2) is 58.8 Å². The Morgan fingerprint density at radius 2 is 1.66 bits per heavy atom. The summed E-state index contributed by atoms with van der Waals surface area (Å²) in [6.45, 7) is 9.82. The maximum absolute atomic E-state index is 14.5. The Morgan fingerprint density at radius 3 is 2.27 bits per heavy atom. The van der Waals surface area contributed by atoms with Gasteiger partial charge in [-0.2, -0.15) is 0 Å². The van der Waals surface area contributed by atoms with Gasteiger partial charge in [-0.15, -0.1) is 0 Å². The average molecular weight is 595 g/mol. The third kappa shape index (κ3) is 5.29. The lowest BCUT2D eigenvalue weighted by atomic mass is 9.85. The van der Waals surface area contributed by atoms with Gasteiger partial charge in [0.05, 0.1) is 15.6 Å². The number of hydrogen-bond donors (Lipinski definition) is 1. The third-order valence-electron chi connectivity index (χ3n) is 7.84. The number of carbonyl (C=O) groups excluding carboxylic acids is 1. The standard InChI is InChI=1S/C32H33Cl2N3O4/c1-18-9-6-10-19(2)37(18)30-27(28(35-41-30)26-23(33)12-8-13-24(26)34)29(38)36-16-15-21-20(11-7-14-25(21)36)17-22(31(39)40)32(3,4)5/h7-8,11-19H,6,9-10H2,1-5H3,(H,39,40)/b22-17-. The minimum atomic E-state index is -0.981. The van der Waals surface area contributed by atoms with Crippen LogP contribution >= 0.6 is 23.2 Å². The van der Waals surface area contributed by atoms with Crippen molar-refractivity contribution in [2.75, 3.05) is 4.90 Å². The molecule has 1 saturated heterocycles. The van der Waals surface area contributed by atoms with E-state index in [9.17, 15) is 14.7 Å². The number of fused-ring (bicyclic) bond motifs is 1. The highest BCUT2D eigenvalue weighted by atomic mass is 35.5. The van der Waals surface area contributed by atoms with Crippen molar-refractivity contribution < 1.29 is 19.2 Å². The van der Waals surface area contributed by atoms with Crippen LogP contribution in [0, 0.1) is 5.41 Å². The molecule has 2 atom stereocenters. The lowest BCUT2D eigenvalue weighted by Gasteiger charge is -2.38. The Morgan fingerprint density at radius 1 is 1.02 bits per heavy atom. The molecule has 0 radical (unpaired) electrons. The Balaban J connectivity index is 1.71. The number of nitrogens with zero attached hydrogens (tertiary/aromatic N) is 3.